The van der Waals surface area contributed by atoms with Crippen molar-refractivity contribution in [2.45, 2.75) is 32.7 Å². The van der Waals surface area contributed by atoms with Crippen molar-refractivity contribution in [2.24, 2.45) is 5.92 Å². The van der Waals surface area contributed by atoms with Gasteiger partial charge in [0.25, 0.3) is 0 Å². The molecular formula is C14H22ClN5O2. The van der Waals surface area contributed by atoms with Crippen LogP contribution in [-0.2, 0) is 4.74 Å². The number of aromatic nitrogens is 2. The maximum Gasteiger partial charge on any atom is 0.407 e. The zero-order valence-corrected chi connectivity index (χ0v) is 13.6. The Bertz CT molecular complexity index is 506. The molecule has 1 amide bonds. The number of carbonyl (C=O) groups excluding carboxylic acids is 1. The molecule has 22 heavy (non-hydrogen) atoms. The second-order valence-electron chi connectivity index (χ2n) is 5.83. The van der Waals surface area contributed by atoms with Crippen LogP contribution in [0.25, 0.3) is 0 Å². The fourth-order valence-corrected chi connectivity index (χ4v) is 2.52. The van der Waals surface area contributed by atoms with Crippen LogP contribution in [0.4, 0.5) is 16.6 Å². The molecule has 122 valence electrons. The monoisotopic (exact) mass is 327 g/mol. The summed E-state index contributed by atoms with van der Waals surface area (Å²) in [5.41, 5.74) is 5.63. The number of halogens is 1. The maximum atomic E-state index is 11.7. The number of amides is 1. The van der Waals surface area contributed by atoms with E-state index in [2.05, 4.69) is 15.3 Å². The highest BCUT2D eigenvalue weighted by molar-refractivity contribution is 6.29. The van der Waals surface area contributed by atoms with Crippen molar-refractivity contribution >= 4 is 29.5 Å². The maximum absolute atomic E-state index is 11.7. The van der Waals surface area contributed by atoms with E-state index in [1.165, 1.54) is 0 Å². The quantitative estimate of drug-likeness (QED) is 0.822. The van der Waals surface area contributed by atoms with Crippen LogP contribution in [0, 0.1) is 5.92 Å². The predicted molar refractivity (Wildman–Crippen MR) is 86.0 cm³/mol. The molecule has 1 saturated heterocycles. The summed E-state index contributed by atoms with van der Waals surface area (Å²) in [6.07, 6.45) is 1.47. The third-order valence-corrected chi connectivity index (χ3v) is 3.51. The zero-order chi connectivity index (χ0) is 16.1. The van der Waals surface area contributed by atoms with Crippen LogP contribution < -0.4 is 16.0 Å². The van der Waals surface area contributed by atoms with E-state index in [4.69, 9.17) is 22.1 Å². The van der Waals surface area contributed by atoms with Crippen molar-refractivity contribution < 1.29 is 9.53 Å². The molecule has 1 aromatic rings. The van der Waals surface area contributed by atoms with E-state index in [1.54, 1.807) is 6.07 Å². The number of carbonyl (C=O) groups is 1. The minimum atomic E-state index is -0.374. The molecule has 7 nitrogen and oxygen atoms in total. The van der Waals surface area contributed by atoms with Crippen molar-refractivity contribution in [3.63, 3.8) is 0 Å². The lowest BCUT2D eigenvalue weighted by Crippen LogP contribution is -2.48. The van der Waals surface area contributed by atoms with Gasteiger partial charge in [-0.25, -0.2) is 9.78 Å². The van der Waals surface area contributed by atoms with Gasteiger partial charge in [0.1, 0.15) is 11.0 Å². The summed E-state index contributed by atoms with van der Waals surface area (Å²) in [4.78, 5) is 21.8. The summed E-state index contributed by atoms with van der Waals surface area (Å²) in [6, 6.07) is 1.69. The Kier molecular flexibility index (Phi) is 5.65. The number of nitrogens with zero attached hydrogens (tertiary/aromatic N) is 3. The Morgan fingerprint density at radius 3 is 3.05 bits per heavy atom. The predicted octanol–water partition coefficient (Wildman–Crippen LogP) is 2.06. The molecule has 1 fully saturated rings. The zero-order valence-electron chi connectivity index (χ0n) is 12.9. The van der Waals surface area contributed by atoms with Crippen molar-refractivity contribution in [3.05, 3.63) is 11.2 Å². The number of piperidine rings is 1. The van der Waals surface area contributed by atoms with Crippen molar-refractivity contribution in [2.75, 3.05) is 30.3 Å². The molecule has 1 atom stereocenters. The van der Waals surface area contributed by atoms with Gasteiger partial charge in [0.05, 0.1) is 6.61 Å². The second kappa shape index (κ2) is 7.49. The van der Waals surface area contributed by atoms with Gasteiger partial charge < -0.3 is 20.7 Å². The normalized spacial score (nSPS) is 18.4. The molecule has 2 rings (SSSR count). The van der Waals surface area contributed by atoms with Crippen LogP contribution in [0.5, 0.6) is 0 Å². The third-order valence-electron chi connectivity index (χ3n) is 3.31. The van der Waals surface area contributed by atoms with Gasteiger partial charge >= 0.3 is 6.09 Å². The number of rotatable bonds is 4. The average molecular weight is 328 g/mol. The number of nitrogens with one attached hydrogen (secondary N) is 1. The van der Waals surface area contributed by atoms with E-state index in [9.17, 15) is 4.79 Å². The SMILES string of the molecule is CC(C)COC(=O)N[C@@H]1CCCN(c2cc(Cl)nc(N)n2)C1. The lowest BCUT2D eigenvalue weighted by atomic mass is 10.1. The Morgan fingerprint density at radius 2 is 2.36 bits per heavy atom. The highest BCUT2D eigenvalue weighted by Gasteiger charge is 2.23. The number of alkyl carbamates (subject to hydrolysis) is 1. The molecule has 0 saturated carbocycles. The van der Waals surface area contributed by atoms with Gasteiger partial charge in [-0.2, -0.15) is 4.98 Å². The fraction of sp³-hybridized carbons (Fsp3) is 0.643. The first-order valence-electron chi connectivity index (χ1n) is 7.42. The highest BCUT2D eigenvalue weighted by atomic mass is 35.5. The van der Waals surface area contributed by atoms with Crippen LogP contribution in [0.1, 0.15) is 26.7 Å². The lowest BCUT2D eigenvalue weighted by molar-refractivity contribution is 0.128. The van der Waals surface area contributed by atoms with Gasteiger partial charge in [-0.15, -0.1) is 0 Å². The molecule has 8 heteroatoms. The molecule has 1 aliphatic rings. The van der Waals surface area contributed by atoms with Gasteiger partial charge in [-0.1, -0.05) is 25.4 Å². The summed E-state index contributed by atoms with van der Waals surface area (Å²) in [5.74, 6) is 1.15. The number of hydrogen-bond acceptors (Lipinski definition) is 6. The summed E-state index contributed by atoms with van der Waals surface area (Å²) in [6.45, 7) is 5.90. The van der Waals surface area contributed by atoms with E-state index in [0.717, 1.165) is 19.4 Å². The average Bonchev–Trinajstić information content (AvgIpc) is 2.44. The summed E-state index contributed by atoms with van der Waals surface area (Å²) >= 11 is 5.91. The summed E-state index contributed by atoms with van der Waals surface area (Å²) in [5, 5.41) is 3.21. The fourth-order valence-electron chi connectivity index (χ4n) is 2.34. The number of ether oxygens (including phenoxy) is 1. The molecule has 0 radical (unpaired) electrons. The topological polar surface area (TPSA) is 93.4 Å². The van der Waals surface area contributed by atoms with E-state index < -0.39 is 0 Å². The van der Waals surface area contributed by atoms with Crippen molar-refractivity contribution in [3.8, 4) is 0 Å². The third kappa shape index (κ3) is 4.91. The molecular weight excluding hydrogens is 306 g/mol. The number of nitrogens with two attached hydrogens (primary N) is 1. The van der Waals surface area contributed by atoms with Gasteiger partial charge in [0, 0.05) is 25.2 Å². The summed E-state index contributed by atoms with van der Waals surface area (Å²) in [7, 11) is 0. The van der Waals surface area contributed by atoms with Crippen molar-refractivity contribution in [1.82, 2.24) is 15.3 Å². The van der Waals surface area contributed by atoms with E-state index in [1.807, 2.05) is 18.7 Å². The van der Waals surface area contributed by atoms with Crippen LogP contribution in [-0.4, -0.2) is 41.8 Å². The summed E-state index contributed by atoms with van der Waals surface area (Å²) < 4.78 is 5.15. The number of anilines is 2. The van der Waals surface area contributed by atoms with Crippen molar-refractivity contribution in [1.29, 1.82) is 0 Å². The number of nitrogen functional groups attached to an aromatic ring is 1. The van der Waals surface area contributed by atoms with Crippen LogP contribution in [0.2, 0.25) is 5.15 Å². The Labute approximate surface area is 135 Å². The Morgan fingerprint density at radius 1 is 1.59 bits per heavy atom. The first-order chi connectivity index (χ1) is 10.4. The molecule has 0 spiro atoms. The van der Waals surface area contributed by atoms with Crippen LogP contribution in [0.15, 0.2) is 6.07 Å². The van der Waals surface area contributed by atoms with Crippen LogP contribution in [0.3, 0.4) is 0 Å². The molecule has 0 bridgehead atoms. The molecule has 0 unspecified atom stereocenters. The van der Waals surface area contributed by atoms with E-state index in [-0.39, 0.29) is 18.1 Å². The first kappa shape index (κ1) is 16.6. The minimum absolute atomic E-state index is 0.0170. The Hall–Kier alpha value is -1.76. The Balaban J connectivity index is 1.92. The molecule has 0 aromatic carbocycles. The molecule has 3 N–H and O–H groups in total. The van der Waals surface area contributed by atoms with Gasteiger partial charge in [0.2, 0.25) is 5.95 Å². The lowest BCUT2D eigenvalue weighted by Gasteiger charge is -2.33. The smallest absolute Gasteiger partial charge is 0.407 e. The highest BCUT2D eigenvalue weighted by Crippen LogP contribution is 2.21. The van der Waals surface area contributed by atoms with Gasteiger partial charge in [-0.3, -0.25) is 0 Å². The minimum Gasteiger partial charge on any atom is -0.449 e. The second-order valence-corrected chi connectivity index (χ2v) is 6.22. The standard InChI is InChI=1S/C14H22ClN5O2/c1-9(2)8-22-14(21)17-10-4-3-5-20(7-10)12-6-11(15)18-13(16)19-12/h6,9-10H,3-5,7-8H2,1-2H3,(H,17,21)(H2,16,18,19)/t10-/m1/s1. The molecule has 2 heterocycles. The van der Waals surface area contributed by atoms with Gasteiger partial charge in [0.15, 0.2) is 0 Å². The van der Waals surface area contributed by atoms with Crippen LogP contribution >= 0.6 is 11.6 Å². The first-order valence-corrected chi connectivity index (χ1v) is 7.80. The van der Waals surface area contributed by atoms with E-state index in [0.29, 0.717) is 30.0 Å². The molecule has 0 aliphatic carbocycles. The van der Waals surface area contributed by atoms with E-state index >= 15 is 0 Å². The molecule has 1 aliphatic heterocycles. The molecule has 1 aromatic heterocycles. The van der Waals surface area contributed by atoms with Gasteiger partial charge in [-0.05, 0) is 18.8 Å². The number of hydrogen-bond donors (Lipinski definition) is 2. The largest absolute Gasteiger partial charge is 0.449 e.